The smallest absolute Gasteiger partial charge is 0.149 e. The van der Waals surface area contributed by atoms with E-state index in [1.165, 1.54) is 0 Å². The van der Waals surface area contributed by atoms with Crippen LogP contribution in [0.25, 0.3) is 0 Å². The van der Waals surface area contributed by atoms with Crippen molar-refractivity contribution in [2.45, 2.75) is 32.4 Å². The van der Waals surface area contributed by atoms with E-state index in [2.05, 4.69) is 10.3 Å². The quantitative estimate of drug-likeness (QED) is 0.872. The molecule has 2 heterocycles. The average molecular weight is 334 g/mol. The van der Waals surface area contributed by atoms with Crippen LogP contribution in [-0.2, 0) is 11.3 Å². The van der Waals surface area contributed by atoms with Gasteiger partial charge in [0, 0.05) is 18.7 Å². The monoisotopic (exact) mass is 334 g/mol. The molecule has 1 atom stereocenters. The molecule has 0 spiro atoms. The molecule has 1 saturated heterocycles. The maximum absolute atomic E-state index is 13.7. The highest BCUT2D eigenvalue weighted by molar-refractivity contribution is 5.58. The number of rotatable bonds is 6. The minimum atomic E-state index is -0.670. The molecule has 0 radical (unpaired) electrons. The van der Waals surface area contributed by atoms with Crippen LogP contribution in [0.2, 0.25) is 0 Å². The van der Waals surface area contributed by atoms with Gasteiger partial charge >= 0.3 is 0 Å². The summed E-state index contributed by atoms with van der Waals surface area (Å²) < 4.78 is 38.8. The third-order valence-corrected chi connectivity index (χ3v) is 3.99. The number of nitrogens with zero attached hydrogens (tertiary/aromatic N) is 1. The normalized spacial score (nSPS) is 17.0. The second-order valence-electron chi connectivity index (χ2n) is 5.88. The van der Waals surface area contributed by atoms with Crippen molar-refractivity contribution in [1.82, 2.24) is 4.98 Å². The van der Waals surface area contributed by atoms with Gasteiger partial charge in [-0.25, -0.2) is 8.78 Å². The van der Waals surface area contributed by atoms with Crippen molar-refractivity contribution in [2.75, 3.05) is 18.5 Å². The Labute approximate surface area is 139 Å². The first-order valence-electron chi connectivity index (χ1n) is 8.00. The van der Waals surface area contributed by atoms with Crippen LogP contribution in [0.5, 0.6) is 5.75 Å². The number of aryl methyl sites for hydroxylation is 1. The van der Waals surface area contributed by atoms with Crippen LogP contribution < -0.4 is 10.1 Å². The first kappa shape index (κ1) is 16.6. The summed E-state index contributed by atoms with van der Waals surface area (Å²) in [4.78, 5) is 3.49. The minimum Gasteiger partial charge on any atom is -0.489 e. The molecule has 0 aliphatic carbocycles. The molecule has 128 valence electrons. The number of ether oxygens (including phenoxy) is 2. The highest BCUT2D eigenvalue weighted by Crippen LogP contribution is 2.28. The lowest BCUT2D eigenvalue weighted by Crippen LogP contribution is -2.17. The van der Waals surface area contributed by atoms with Crippen LogP contribution in [0.15, 0.2) is 30.6 Å². The van der Waals surface area contributed by atoms with E-state index in [-0.39, 0.29) is 18.2 Å². The van der Waals surface area contributed by atoms with E-state index in [1.807, 2.05) is 25.1 Å². The Kier molecular flexibility index (Phi) is 5.25. The van der Waals surface area contributed by atoms with Gasteiger partial charge in [-0.2, -0.15) is 0 Å². The molecule has 4 nitrogen and oxygen atoms in total. The van der Waals surface area contributed by atoms with E-state index in [4.69, 9.17) is 9.47 Å². The highest BCUT2D eigenvalue weighted by Gasteiger charge is 2.17. The largest absolute Gasteiger partial charge is 0.489 e. The molecule has 1 N–H and O–H groups in total. The fourth-order valence-electron chi connectivity index (χ4n) is 2.64. The van der Waals surface area contributed by atoms with E-state index in [0.717, 1.165) is 37.4 Å². The molecule has 0 bridgehead atoms. The zero-order chi connectivity index (χ0) is 16.9. The Balaban J connectivity index is 1.70. The summed E-state index contributed by atoms with van der Waals surface area (Å²) in [6.45, 7) is 3.22. The van der Waals surface area contributed by atoms with Crippen LogP contribution in [0, 0.1) is 18.6 Å². The van der Waals surface area contributed by atoms with Gasteiger partial charge in [0.2, 0.25) is 0 Å². The molecule has 0 amide bonds. The van der Waals surface area contributed by atoms with Gasteiger partial charge in [-0.15, -0.1) is 0 Å². The van der Waals surface area contributed by atoms with E-state index >= 15 is 0 Å². The van der Waals surface area contributed by atoms with E-state index in [0.29, 0.717) is 18.0 Å². The van der Waals surface area contributed by atoms with Crippen molar-refractivity contribution in [3.63, 3.8) is 0 Å². The molecular weight excluding hydrogens is 314 g/mol. The van der Waals surface area contributed by atoms with E-state index in [9.17, 15) is 8.78 Å². The summed E-state index contributed by atoms with van der Waals surface area (Å²) >= 11 is 0. The number of anilines is 1. The third-order valence-electron chi connectivity index (χ3n) is 3.99. The maximum Gasteiger partial charge on any atom is 0.149 e. The summed E-state index contributed by atoms with van der Waals surface area (Å²) in [5, 5.41) is 3.04. The van der Waals surface area contributed by atoms with Crippen molar-refractivity contribution in [2.24, 2.45) is 0 Å². The molecule has 0 unspecified atom stereocenters. The molecule has 3 rings (SSSR count). The Morgan fingerprint density at radius 2 is 2.08 bits per heavy atom. The number of pyridine rings is 1. The standard InChI is InChI=1S/C18H20F2N2O2/c1-12-4-5-17(18(7-12)24-11-13-3-2-6-23-13)22-8-14-15(19)9-21-10-16(14)20/h4-5,7,9-10,13,22H,2-3,6,8,11H2,1H3/t13-/m1/s1. The second kappa shape index (κ2) is 7.57. The van der Waals surface area contributed by atoms with Gasteiger partial charge in [-0.3, -0.25) is 4.98 Å². The molecule has 1 fully saturated rings. The molecular formula is C18H20F2N2O2. The summed E-state index contributed by atoms with van der Waals surface area (Å²) in [5.74, 6) is -0.687. The van der Waals surface area contributed by atoms with Crippen molar-refractivity contribution in [3.05, 3.63) is 53.4 Å². The number of hydrogen-bond donors (Lipinski definition) is 1. The van der Waals surface area contributed by atoms with Gasteiger partial charge in [0.05, 0.1) is 24.2 Å². The lowest BCUT2D eigenvalue weighted by Gasteiger charge is -2.16. The van der Waals surface area contributed by atoms with Crippen LogP contribution >= 0.6 is 0 Å². The Morgan fingerprint density at radius 1 is 1.29 bits per heavy atom. The predicted octanol–water partition coefficient (Wildman–Crippen LogP) is 3.84. The van der Waals surface area contributed by atoms with Crippen molar-refractivity contribution < 1.29 is 18.3 Å². The summed E-state index contributed by atoms with van der Waals surface area (Å²) in [6.07, 6.45) is 4.15. The SMILES string of the molecule is Cc1ccc(NCc2c(F)cncc2F)c(OC[C@H]2CCCO2)c1. The minimum absolute atomic E-state index is 0.0134. The van der Waals surface area contributed by atoms with Crippen LogP contribution in [0.4, 0.5) is 14.5 Å². The molecule has 1 aromatic heterocycles. The maximum atomic E-state index is 13.7. The molecule has 24 heavy (non-hydrogen) atoms. The van der Waals surface area contributed by atoms with Gasteiger partial charge in [0.15, 0.2) is 0 Å². The molecule has 0 saturated carbocycles. The fraction of sp³-hybridized carbons (Fsp3) is 0.389. The number of benzene rings is 1. The Morgan fingerprint density at radius 3 is 2.79 bits per heavy atom. The lowest BCUT2D eigenvalue weighted by molar-refractivity contribution is 0.0682. The zero-order valence-electron chi connectivity index (χ0n) is 13.5. The molecule has 1 aliphatic rings. The lowest BCUT2D eigenvalue weighted by atomic mass is 10.2. The Bertz CT molecular complexity index is 683. The first-order chi connectivity index (χ1) is 11.6. The Hall–Kier alpha value is -2.21. The van der Waals surface area contributed by atoms with Gasteiger partial charge < -0.3 is 14.8 Å². The summed E-state index contributed by atoms with van der Waals surface area (Å²) in [7, 11) is 0. The summed E-state index contributed by atoms with van der Waals surface area (Å²) in [6, 6.07) is 5.66. The topological polar surface area (TPSA) is 43.4 Å². The third kappa shape index (κ3) is 4.00. The number of aromatic nitrogens is 1. The predicted molar refractivity (Wildman–Crippen MR) is 87.1 cm³/mol. The highest BCUT2D eigenvalue weighted by atomic mass is 19.1. The van der Waals surface area contributed by atoms with Crippen LogP contribution in [-0.4, -0.2) is 24.3 Å². The van der Waals surface area contributed by atoms with Gasteiger partial charge in [-0.1, -0.05) is 6.07 Å². The van der Waals surface area contributed by atoms with Gasteiger partial charge in [0.25, 0.3) is 0 Å². The zero-order valence-corrected chi connectivity index (χ0v) is 13.5. The van der Waals surface area contributed by atoms with Crippen LogP contribution in [0.1, 0.15) is 24.0 Å². The number of halogens is 2. The fourth-order valence-corrected chi connectivity index (χ4v) is 2.64. The summed E-state index contributed by atoms with van der Waals surface area (Å²) in [5.41, 5.74) is 1.69. The van der Waals surface area contributed by atoms with E-state index in [1.54, 1.807) is 0 Å². The van der Waals surface area contributed by atoms with E-state index < -0.39 is 11.6 Å². The average Bonchev–Trinajstić information content (AvgIpc) is 3.07. The first-order valence-corrected chi connectivity index (χ1v) is 8.00. The molecule has 2 aromatic rings. The van der Waals surface area contributed by atoms with Crippen molar-refractivity contribution in [1.29, 1.82) is 0 Å². The number of nitrogens with one attached hydrogen (secondary N) is 1. The second-order valence-corrected chi connectivity index (χ2v) is 5.88. The van der Waals surface area contributed by atoms with Crippen LogP contribution in [0.3, 0.4) is 0 Å². The van der Waals surface area contributed by atoms with Crippen molar-refractivity contribution >= 4 is 5.69 Å². The van der Waals surface area contributed by atoms with Gasteiger partial charge in [-0.05, 0) is 37.5 Å². The number of hydrogen-bond acceptors (Lipinski definition) is 4. The molecule has 1 aliphatic heterocycles. The van der Waals surface area contributed by atoms with Gasteiger partial charge in [0.1, 0.15) is 24.0 Å². The molecule has 6 heteroatoms. The molecule has 1 aromatic carbocycles. The van der Waals surface area contributed by atoms with Crippen molar-refractivity contribution in [3.8, 4) is 5.75 Å².